The van der Waals surface area contributed by atoms with E-state index in [4.69, 9.17) is 11.6 Å². The van der Waals surface area contributed by atoms with Gasteiger partial charge in [-0.05, 0) is 42.9 Å². The molecule has 12 heteroatoms. The van der Waals surface area contributed by atoms with Gasteiger partial charge in [-0.15, -0.1) is 0 Å². The van der Waals surface area contributed by atoms with E-state index in [0.29, 0.717) is 18.6 Å². The van der Waals surface area contributed by atoms with Crippen molar-refractivity contribution in [2.75, 3.05) is 12.4 Å². The van der Waals surface area contributed by atoms with Crippen LogP contribution in [-0.4, -0.2) is 38.8 Å². The standard InChI is InChI=1S/C24H26ClF3N2O5S/c1-4-13-8-16(7-12(2)22(13)30-24(32)35-3)36(33,34)20-9-14(5-6-17(20)25)23(31)29-15-10-18(26)21(28)19(27)11-15/h5-6,9-13,16,22H,4,7-8H2,1-3H3,(H,29,31)(H,30,32)/t12-,13?,16-,22?/m0/s1. The van der Waals surface area contributed by atoms with Gasteiger partial charge in [-0.1, -0.05) is 31.9 Å². The number of alkyl carbamates (subject to hydrolysis) is 1. The molecule has 7 nitrogen and oxygen atoms in total. The summed E-state index contributed by atoms with van der Waals surface area (Å²) in [6.45, 7) is 3.74. The van der Waals surface area contributed by atoms with E-state index in [9.17, 15) is 31.2 Å². The number of ether oxygens (including phenoxy) is 1. The third-order valence-electron chi connectivity index (χ3n) is 6.50. The summed E-state index contributed by atoms with van der Waals surface area (Å²) < 4.78 is 72.0. The summed E-state index contributed by atoms with van der Waals surface area (Å²) in [6.07, 6.45) is 0.535. The van der Waals surface area contributed by atoms with Crippen LogP contribution in [0.1, 0.15) is 43.5 Å². The molecular weight excluding hydrogens is 521 g/mol. The van der Waals surface area contributed by atoms with E-state index >= 15 is 0 Å². The zero-order chi connectivity index (χ0) is 26.8. The van der Waals surface area contributed by atoms with Crippen LogP contribution in [-0.2, 0) is 14.6 Å². The van der Waals surface area contributed by atoms with Crippen molar-refractivity contribution in [3.63, 3.8) is 0 Å². The van der Waals surface area contributed by atoms with Gasteiger partial charge in [0.1, 0.15) is 0 Å². The van der Waals surface area contributed by atoms with Gasteiger partial charge >= 0.3 is 6.09 Å². The summed E-state index contributed by atoms with van der Waals surface area (Å²) in [6, 6.07) is 4.57. The fourth-order valence-electron chi connectivity index (χ4n) is 4.61. The summed E-state index contributed by atoms with van der Waals surface area (Å²) in [5.41, 5.74) is -0.462. The lowest BCUT2D eigenvalue weighted by molar-refractivity contribution is 0.102. The lowest BCUT2D eigenvalue weighted by Gasteiger charge is -2.40. The van der Waals surface area contributed by atoms with E-state index in [1.807, 2.05) is 13.8 Å². The van der Waals surface area contributed by atoms with Crippen LogP contribution >= 0.6 is 11.6 Å². The van der Waals surface area contributed by atoms with Crippen LogP contribution in [0.4, 0.5) is 23.7 Å². The number of carbonyl (C=O) groups is 2. The first kappa shape index (κ1) is 27.8. The number of hydrogen-bond donors (Lipinski definition) is 2. The molecule has 2 amide bonds. The summed E-state index contributed by atoms with van der Waals surface area (Å²) in [5.74, 6) is -5.83. The van der Waals surface area contributed by atoms with Gasteiger partial charge in [0.05, 0.1) is 22.3 Å². The normalized spacial score (nSPS) is 22.1. The number of amides is 2. The van der Waals surface area contributed by atoms with Gasteiger partial charge in [0, 0.05) is 29.4 Å². The van der Waals surface area contributed by atoms with Crippen molar-refractivity contribution >= 4 is 39.1 Å². The highest BCUT2D eigenvalue weighted by molar-refractivity contribution is 7.92. The monoisotopic (exact) mass is 546 g/mol. The van der Waals surface area contributed by atoms with Crippen molar-refractivity contribution in [3.8, 4) is 0 Å². The maximum atomic E-state index is 13.6. The van der Waals surface area contributed by atoms with Crippen molar-refractivity contribution in [1.29, 1.82) is 0 Å². The molecule has 0 saturated heterocycles. The number of carbonyl (C=O) groups excluding carboxylic acids is 2. The quantitative estimate of drug-likeness (QED) is 0.477. The Hall–Kier alpha value is -2.79. The van der Waals surface area contributed by atoms with Crippen molar-refractivity contribution in [1.82, 2.24) is 5.32 Å². The highest BCUT2D eigenvalue weighted by atomic mass is 35.5. The Morgan fingerprint density at radius 1 is 1.11 bits per heavy atom. The Kier molecular flexibility index (Phi) is 8.55. The van der Waals surface area contributed by atoms with Crippen LogP contribution in [0, 0.1) is 29.3 Å². The number of anilines is 1. The summed E-state index contributed by atoms with van der Waals surface area (Å²) in [4.78, 5) is 24.2. The highest BCUT2D eigenvalue weighted by Crippen LogP contribution is 2.39. The first-order chi connectivity index (χ1) is 16.9. The maximum absolute atomic E-state index is 13.6. The molecule has 3 rings (SSSR count). The second-order valence-electron chi connectivity index (χ2n) is 8.80. The number of halogens is 4. The van der Waals surface area contributed by atoms with Gasteiger partial charge in [0.2, 0.25) is 0 Å². The zero-order valence-electron chi connectivity index (χ0n) is 19.8. The smallest absolute Gasteiger partial charge is 0.407 e. The van der Waals surface area contributed by atoms with Gasteiger partial charge in [-0.3, -0.25) is 4.79 Å². The Balaban J connectivity index is 1.87. The van der Waals surface area contributed by atoms with E-state index < -0.39 is 44.5 Å². The number of nitrogens with one attached hydrogen (secondary N) is 2. The highest BCUT2D eigenvalue weighted by Gasteiger charge is 2.42. The molecule has 4 atom stereocenters. The van der Waals surface area contributed by atoms with Gasteiger partial charge in [0.25, 0.3) is 5.91 Å². The van der Waals surface area contributed by atoms with Gasteiger partial charge in [0.15, 0.2) is 27.3 Å². The minimum absolute atomic E-state index is 0.0825. The third-order valence-corrected chi connectivity index (χ3v) is 9.15. The SMILES string of the molecule is CCC1C[C@@H](S(=O)(=O)c2cc(C(=O)Nc3cc(F)c(F)c(F)c3)ccc2Cl)C[C@H](C)C1NC(=O)OC. The van der Waals surface area contributed by atoms with E-state index in [1.54, 1.807) is 0 Å². The van der Waals surface area contributed by atoms with Crippen LogP contribution in [0.3, 0.4) is 0 Å². The molecule has 0 aliphatic heterocycles. The second-order valence-corrected chi connectivity index (χ2v) is 11.4. The second kappa shape index (κ2) is 11.1. The Labute approximate surface area is 212 Å². The molecule has 0 aromatic heterocycles. The molecule has 196 valence electrons. The van der Waals surface area contributed by atoms with Gasteiger partial charge in [-0.2, -0.15) is 0 Å². The Morgan fingerprint density at radius 2 is 1.75 bits per heavy atom. The molecule has 0 heterocycles. The minimum Gasteiger partial charge on any atom is -0.453 e. The lowest BCUT2D eigenvalue weighted by atomic mass is 9.76. The minimum atomic E-state index is -4.00. The molecule has 1 saturated carbocycles. The molecule has 0 bridgehead atoms. The topological polar surface area (TPSA) is 102 Å². The first-order valence-electron chi connectivity index (χ1n) is 11.2. The van der Waals surface area contributed by atoms with Crippen LogP contribution in [0.15, 0.2) is 35.2 Å². The molecule has 36 heavy (non-hydrogen) atoms. The average Bonchev–Trinajstić information content (AvgIpc) is 2.83. The van der Waals surface area contributed by atoms with E-state index in [0.717, 1.165) is 6.07 Å². The molecule has 2 aromatic rings. The lowest BCUT2D eigenvalue weighted by Crippen LogP contribution is -2.50. The molecule has 0 radical (unpaired) electrons. The van der Waals surface area contributed by atoms with Crippen LogP contribution in [0.2, 0.25) is 5.02 Å². The molecule has 2 unspecified atom stereocenters. The Morgan fingerprint density at radius 3 is 2.33 bits per heavy atom. The summed E-state index contributed by atoms with van der Waals surface area (Å²) >= 11 is 6.22. The number of benzene rings is 2. The molecule has 0 spiro atoms. The molecular formula is C24H26ClF3N2O5S. The largest absolute Gasteiger partial charge is 0.453 e. The first-order valence-corrected chi connectivity index (χ1v) is 13.1. The number of rotatable bonds is 6. The summed E-state index contributed by atoms with van der Waals surface area (Å²) in [5, 5.41) is 4.11. The van der Waals surface area contributed by atoms with Crippen molar-refractivity contribution in [3.05, 3.63) is 58.4 Å². The molecule has 1 aliphatic rings. The van der Waals surface area contributed by atoms with Crippen LogP contribution in [0.5, 0.6) is 0 Å². The molecule has 2 N–H and O–H groups in total. The molecule has 1 aliphatic carbocycles. The number of methoxy groups -OCH3 is 1. The van der Waals surface area contributed by atoms with Crippen LogP contribution in [0.25, 0.3) is 0 Å². The summed E-state index contributed by atoms with van der Waals surface area (Å²) in [7, 11) is -2.74. The number of sulfone groups is 1. The van der Waals surface area contributed by atoms with E-state index in [2.05, 4.69) is 15.4 Å². The molecule has 1 fully saturated rings. The van der Waals surface area contributed by atoms with Crippen molar-refractivity contribution in [2.45, 2.75) is 49.3 Å². The predicted octanol–water partition coefficient (Wildman–Crippen LogP) is 5.33. The van der Waals surface area contributed by atoms with Gasteiger partial charge in [-0.25, -0.2) is 26.4 Å². The van der Waals surface area contributed by atoms with E-state index in [1.165, 1.54) is 19.2 Å². The van der Waals surface area contributed by atoms with E-state index in [-0.39, 0.29) is 51.9 Å². The maximum Gasteiger partial charge on any atom is 0.407 e. The predicted molar refractivity (Wildman–Crippen MR) is 128 cm³/mol. The molecule has 2 aromatic carbocycles. The van der Waals surface area contributed by atoms with Gasteiger partial charge < -0.3 is 15.4 Å². The zero-order valence-corrected chi connectivity index (χ0v) is 21.4. The fraction of sp³-hybridized carbons (Fsp3) is 0.417. The fourth-order valence-corrected chi connectivity index (χ4v) is 7.10. The van der Waals surface area contributed by atoms with Crippen molar-refractivity contribution < 1.29 is 35.9 Å². The average molecular weight is 547 g/mol. The third kappa shape index (κ3) is 5.78. The van der Waals surface area contributed by atoms with Crippen molar-refractivity contribution in [2.24, 2.45) is 11.8 Å². The number of hydrogen-bond acceptors (Lipinski definition) is 5. The van der Waals surface area contributed by atoms with Crippen LogP contribution < -0.4 is 10.6 Å². The Bertz CT molecular complexity index is 1250.